The lowest BCUT2D eigenvalue weighted by Crippen LogP contribution is -2.50. The molecule has 28 heavy (non-hydrogen) atoms. The number of hydrogen-bond donors (Lipinski definition) is 1. The number of piperazine rings is 1. The average Bonchev–Trinajstić information content (AvgIpc) is 2.73. The van der Waals surface area contributed by atoms with E-state index in [1.807, 2.05) is 48.2 Å². The van der Waals surface area contributed by atoms with Gasteiger partial charge in [0.2, 0.25) is 0 Å². The molecule has 2 amide bonds. The number of amides is 2. The minimum absolute atomic E-state index is 0.0927. The molecule has 1 aliphatic rings. The minimum Gasteiger partial charge on any atom is -0.495 e. The second-order valence-electron chi connectivity index (χ2n) is 6.92. The van der Waals surface area contributed by atoms with Crippen molar-refractivity contribution in [3.63, 3.8) is 0 Å². The van der Waals surface area contributed by atoms with Gasteiger partial charge >= 0.3 is 6.03 Å². The summed E-state index contributed by atoms with van der Waals surface area (Å²) in [7, 11) is 1.68. The quantitative estimate of drug-likeness (QED) is 0.814. The molecule has 1 N–H and O–H groups in total. The van der Waals surface area contributed by atoms with Crippen molar-refractivity contribution in [3.8, 4) is 11.5 Å². The summed E-state index contributed by atoms with van der Waals surface area (Å²) >= 11 is 0. The third kappa shape index (κ3) is 4.68. The SMILES string of the molecule is CCCOc1cc(C)ccc1NC(=O)N1CCN(c2ccccc2OC)CC1. The van der Waals surface area contributed by atoms with Crippen molar-refractivity contribution < 1.29 is 14.3 Å². The molecule has 0 bridgehead atoms. The van der Waals surface area contributed by atoms with Crippen molar-refractivity contribution in [2.24, 2.45) is 0 Å². The van der Waals surface area contributed by atoms with E-state index in [9.17, 15) is 4.79 Å². The molecule has 6 nitrogen and oxygen atoms in total. The number of nitrogens with zero attached hydrogens (tertiary/aromatic N) is 2. The van der Waals surface area contributed by atoms with Crippen molar-refractivity contribution in [2.45, 2.75) is 20.3 Å². The largest absolute Gasteiger partial charge is 0.495 e. The van der Waals surface area contributed by atoms with Crippen LogP contribution in [-0.2, 0) is 0 Å². The molecule has 0 atom stereocenters. The lowest BCUT2D eigenvalue weighted by Gasteiger charge is -2.36. The van der Waals surface area contributed by atoms with Crippen LogP contribution in [0.25, 0.3) is 0 Å². The summed E-state index contributed by atoms with van der Waals surface area (Å²) in [5.41, 5.74) is 2.89. The highest BCUT2D eigenvalue weighted by molar-refractivity contribution is 5.91. The lowest BCUT2D eigenvalue weighted by atomic mass is 10.2. The van der Waals surface area contributed by atoms with Crippen LogP contribution >= 0.6 is 0 Å². The van der Waals surface area contributed by atoms with Crippen molar-refractivity contribution in [1.29, 1.82) is 0 Å². The molecule has 0 unspecified atom stereocenters. The zero-order valence-electron chi connectivity index (χ0n) is 16.9. The number of carbonyl (C=O) groups excluding carboxylic acids is 1. The summed E-state index contributed by atoms with van der Waals surface area (Å²) in [5, 5.41) is 3.01. The van der Waals surface area contributed by atoms with Crippen LogP contribution in [0.3, 0.4) is 0 Å². The molecule has 3 rings (SSSR count). The molecule has 1 aliphatic heterocycles. The molecule has 0 aromatic heterocycles. The van der Waals surface area contributed by atoms with E-state index in [2.05, 4.69) is 23.2 Å². The molecular weight excluding hydrogens is 354 g/mol. The number of ether oxygens (including phenoxy) is 2. The van der Waals surface area contributed by atoms with Gasteiger partial charge < -0.3 is 24.6 Å². The van der Waals surface area contributed by atoms with Crippen molar-refractivity contribution in [2.75, 3.05) is 50.1 Å². The first kappa shape index (κ1) is 19.9. The second kappa shape index (κ2) is 9.35. The molecule has 1 saturated heterocycles. The molecule has 0 radical (unpaired) electrons. The van der Waals surface area contributed by atoms with Crippen LogP contribution in [0.2, 0.25) is 0 Å². The van der Waals surface area contributed by atoms with Gasteiger partial charge in [-0.1, -0.05) is 25.1 Å². The predicted octanol–water partition coefficient (Wildman–Crippen LogP) is 4.15. The van der Waals surface area contributed by atoms with E-state index in [-0.39, 0.29) is 6.03 Å². The zero-order valence-corrected chi connectivity index (χ0v) is 16.9. The Morgan fingerprint density at radius 1 is 1.07 bits per heavy atom. The van der Waals surface area contributed by atoms with Gasteiger partial charge in [-0.15, -0.1) is 0 Å². The Hall–Kier alpha value is -2.89. The first-order valence-corrected chi connectivity index (χ1v) is 9.79. The highest BCUT2D eigenvalue weighted by Gasteiger charge is 2.23. The Labute approximate surface area is 167 Å². The van der Waals surface area contributed by atoms with Crippen LogP contribution in [0.4, 0.5) is 16.2 Å². The Bertz CT molecular complexity index is 801. The van der Waals surface area contributed by atoms with E-state index < -0.39 is 0 Å². The van der Waals surface area contributed by atoms with Crippen LogP contribution in [0, 0.1) is 6.92 Å². The third-order valence-corrected chi connectivity index (χ3v) is 4.83. The Balaban J connectivity index is 1.61. The number of carbonyl (C=O) groups is 1. The number of benzene rings is 2. The molecule has 150 valence electrons. The molecule has 0 aliphatic carbocycles. The van der Waals surface area contributed by atoms with Crippen molar-refractivity contribution >= 4 is 17.4 Å². The van der Waals surface area contributed by atoms with E-state index in [0.717, 1.165) is 47.9 Å². The van der Waals surface area contributed by atoms with Crippen LogP contribution in [-0.4, -0.2) is 50.8 Å². The van der Waals surface area contributed by atoms with Crippen LogP contribution < -0.4 is 19.7 Å². The second-order valence-corrected chi connectivity index (χ2v) is 6.92. The van der Waals surface area contributed by atoms with Crippen molar-refractivity contribution in [3.05, 3.63) is 48.0 Å². The van der Waals surface area contributed by atoms with Crippen LogP contribution in [0.5, 0.6) is 11.5 Å². The van der Waals surface area contributed by atoms with Gasteiger partial charge in [-0.2, -0.15) is 0 Å². The van der Waals surface area contributed by atoms with Gasteiger partial charge in [0.05, 0.1) is 25.1 Å². The maximum absolute atomic E-state index is 12.8. The fourth-order valence-electron chi connectivity index (χ4n) is 3.30. The minimum atomic E-state index is -0.0927. The number of urea groups is 1. The summed E-state index contributed by atoms with van der Waals surface area (Å²) < 4.78 is 11.3. The summed E-state index contributed by atoms with van der Waals surface area (Å²) in [4.78, 5) is 16.9. The van der Waals surface area contributed by atoms with Gasteiger partial charge in [-0.25, -0.2) is 4.79 Å². The normalized spacial score (nSPS) is 14.0. The Morgan fingerprint density at radius 2 is 1.82 bits per heavy atom. The molecule has 2 aromatic rings. The van der Waals surface area contributed by atoms with E-state index in [4.69, 9.17) is 9.47 Å². The average molecular weight is 383 g/mol. The first-order valence-electron chi connectivity index (χ1n) is 9.79. The number of methoxy groups -OCH3 is 1. The van der Waals surface area contributed by atoms with Gasteiger partial charge in [-0.05, 0) is 43.2 Å². The van der Waals surface area contributed by atoms with E-state index in [1.165, 1.54) is 0 Å². The molecule has 0 spiro atoms. The summed E-state index contributed by atoms with van der Waals surface area (Å²) in [6, 6.07) is 13.7. The number of anilines is 2. The molecule has 1 heterocycles. The van der Waals surface area contributed by atoms with E-state index in [1.54, 1.807) is 7.11 Å². The highest BCUT2D eigenvalue weighted by Crippen LogP contribution is 2.29. The summed E-state index contributed by atoms with van der Waals surface area (Å²) in [5.74, 6) is 1.58. The molecule has 0 saturated carbocycles. The van der Waals surface area contributed by atoms with E-state index >= 15 is 0 Å². The van der Waals surface area contributed by atoms with Crippen LogP contribution in [0.15, 0.2) is 42.5 Å². The summed E-state index contributed by atoms with van der Waals surface area (Å²) in [6.45, 7) is 7.55. The molecule has 1 fully saturated rings. The van der Waals surface area contributed by atoms with Crippen LogP contribution in [0.1, 0.15) is 18.9 Å². The summed E-state index contributed by atoms with van der Waals surface area (Å²) in [6.07, 6.45) is 0.923. The topological polar surface area (TPSA) is 54.0 Å². The standard InChI is InChI=1S/C22H29N3O3/c1-4-15-28-21-16-17(2)9-10-18(21)23-22(26)25-13-11-24(12-14-25)19-7-5-6-8-20(19)27-3/h5-10,16H,4,11-15H2,1-3H3,(H,23,26). The molecular formula is C22H29N3O3. The number of nitrogens with one attached hydrogen (secondary N) is 1. The number of hydrogen-bond acceptors (Lipinski definition) is 4. The highest BCUT2D eigenvalue weighted by atomic mass is 16.5. The number of rotatable bonds is 6. The van der Waals surface area contributed by atoms with E-state index in [0.29, 0.717) is 19.7 Å². The smallest absolute Gasteiger partial charge is 0.322 e. The fraction of sp³-hybridized carbons (Fsp3) is 0.409. The van der Waals surface area contributed by atoms with Gasteiger partial charge in [0.1, 0.15) is 11.5 Å². The van der Waals surface area contributed by atoms with Crippen molar-refractivity contribution in [1.82, 2.24) is 4.90 Å². The Morgan fingerprint density at radius 3 is 2.54 bits per heavy atom. The van der Waals surface area contributed by atoms with Gasteiger partial charge in [0.15, 0.2) is 0 Å². The maximum Gasteiger partial charge on any atom is 0.322 e. The number of para-hydroxylation sites is 2. The first-order chi connectivity index (χ1) is 13.6. The Kier molecular flexibility index (Phi) is 6.63. The van der Waals surface area contributed by atoms with Gasteiger partial charge in [0, 0.05) is 26.2 Å². The molecule has 6 heteroatoms. The van der Waals surface area contributed by atoms with Gasteiger partial charge in [0.25, 0.3) is 0 Å². The maximum atomic E-state index is 12.8. The fourth-order valence-corrected chi connectivity index (χ4v) is 3.30. The zero-order chi connectivity index (χ0) is 19.9. The lowest BCUT2D eigenvalue weighted by molar-refractivity contribution is 0.208. The number of aryl methyl sites for hydroxylation is 1. The predicted molar refractivity (Wildman–Crippen MR) is 113 cm³/mol. The van der Waals surface area contributed by atoms with Gasteiger partial charge in [-0.3, -0.25) is 0 Å². The third-order valence-electron chi connectivity index (χ3n) is 4.83. The molecule has 2 aromatic carbocycles. The monoisotopic (exact) mass is 383 g/mol.